The van der Waals surface area contributed by atoms with Crippen LogP contribution < -0.4 is 16.4 Å². The van der Waals surface area contributed by atoms with E-state index in [1.165, 1.54) is 11.1 Å². The first kappa shape index (κ1) is 51.0. The highest BCUT2D eigenvalue weighted by molar-refractivity contribution is 6.03. The number of carbonyl (C=O) groups excluding carboxylic acids is 2. The zero-order valence-electron chi connectivity index (χ0n) is 44.6. The Labute approximate surface area is 430 Å². The average Bonchev–Trinajstić information content (AvgIpc) is 3.67. The van der Waals surface area contributed by atoms with Gasteiger partial charge in [0.1, 0.15) is 17.6 Å². The maximum Gasteiger partial charge on any atom is 0.163 e. The minimum absolute atomic E-state index is 0.0329. The Morgan fingerprint density at radius 2 is 1.68 bits per heavy atom. The SMILES string of the molecule is CNCc1cc(O)cc(C2CC3(C)C4C(CC56CCCC7C(=O)C(C(CC(O)C8OC8(C)C8CCCC8c8cccc(N)c8)C8CCCC(CO)C8)=C(CCC35)C76C)NCC(C)(O)CCCCC4(C)C2=O)c1. The van der Waals surface area contributed by atoms with Crippen LogP contribution in [0.15, 0.2) is 53.6 Å². The molecular weight excluding hydrogens is 899 g/mol. The third-order valence-electron chi connectivity index (χ3n) is 23.0. The Balaban J connectivity index is 0.997. The number of carbonyl (C=O) groups is 2. The van der Waals surface area contributed by atoms with E-state index in [2.05, 4.69) is 62.6 Å². The molecular formula is C62H89N3O7. The lowest BCUT2D eigenvalue weighted by Gasteiger charge is -2.73. The van der Waals surface area contributed by atoms with Crippen LogP contribution in [0.2, 0.25) is 0 Å². The minimum atomic E-state index is -0.881. The van der Waals surface area contributed by atoms with E-state index in [4.69, 9.17) is 10.5 Å². The summed E-state index contributed by atoms with van der Waals surface area (Å²) in [6, 6.07) is 14.1. The Bertz CT molecular complexity index is 2450. The molecule has 10 nitrogen and oxygen atoms in total. The maximum atomic E-state index is 16.1. The molecule has 18 atom stereocenters. The second-order valence-electron chi connectivity index (χ2n) is 27.0. The summed E-state index contributed by atoms with van der Waals surface area (Å²) in [6.07, 6.45) is 15.9. The fourth-order valence-corrected chi connectivity index (χ4v) is 20.1. The summed E-state index contributed by atoms with van der Waals surface area (Å²) in [6.45, 7) is 12.7. The Kier molecular flexibility index (Phi) is 13.2. The molecule has 0 amide bonds. The lowest BCUT2D eigenvalue weighted by molar-refractivity contribution is -0.219. The summed E-state index contributed by atoms with van der Waals surface area (Å²) in [5, 5.41) is 53.8. The van der Waals surface area contributed by atoms with Crippen molar-refractivity contribution in [3.05, 3.63) is 70.3 Å². The van der Waals surface area contributed by atoms with Crippen LogP contribution in [-0.2, 0) is 20.9 Å². The van der Waals surface area contributed by atoms with Crippen molar-refractivity contribution in [1.82, 2.24) is 10.6 Å². The second-order valence-corrected chi connectivity index (χ2v) is 27.0. The molecule has 2 saturated heterocycles. The van der Waals surface area contributed by atoms with Crippen LogP contribution >= 0.6 is 0 Å². The van der Waals surface area contributed by atoms with Crippen molar-refractivity contribution in [2.24, 2.45) is 63.1 Å². The largest absolute Gasteiger partial charge is 0.508 e. The van der Waals surface area contributed by atoms with Crippen LogP contribution in [0.4, 0.5) is 5.69 Å². The maximum absolute atomic E-state index is 16.1. The molecule has 2 heterocycles. The molecule has 6 saturated carbocycles. The summed E-state index contributed by atoms with van der Waals surface area (Å²) < 4.78 is 6.76. The molecule has 18 unspecified atom stereocenters. The van der Waals surface area contributed by atoms with E-state index in [0.29, 0.717) is 49.8 Å². The van der Waals surface area contributed by atoms with Gasteiger partial charge in [0.05, 0.1) is 17.3 Å². The van der Waals surface area contributed by atoms with Crippen molar-refractivity contribution in [2.45, 2.75) is 204 Å². The van der Waals surface area contributed by atoms with Crippen LogP contribution in [-0.4, -0.2) is 81.6 Å². The molecule has 2 aromatic carbocycles. The number of epoxide rings is 1. The van der Waals surface area contributed by atoms with Crippen molar-refractivity contribution < 1.29 is 34.8 Å². The average molecular weight is 988 g/mol. The number of anilines is 1. The van der Waals surface area contributed by atoms with Crippen molar-refractivity contribution in [3.8, 4) is 5.75 Å². The second kappa shape index (κ2) is 18.6. The van der Waals surface area contributed by atoms with E-state index in [0.717, 1.165) is 125 Å². The van der Waals surface area contributed by atoms with Gasteiger partial charge in [0.2, 0.25) is 0 Å². The first-order chi connectivity index (χ1) is 34.3. The summed E-state index contributed by atoms with van der Waals surface area (Å²) >= 11 is 0. The molecule has 0 aromatic heterocycles. The standard InChI is InChI=1S/C62H89N3O7/c1-57(71)22-7-8-23-58(2)54-49(65-35-57)32-62-24-12-19-48-53(69)52(47(60(48,62)4)20-21-51(62)59(54,3)31-45(55(58)70)40-26-37(33-64-6)27-42(67)29-40)44(38-14-9-13-36(25-38)34-66)30-50(68)56-61(5,72-56)46-18-11-17-43(46)39-15-10-16-41(63)28-39/h10,15-16,26-29,36,38,43-46,48-51,54,56,64-68,71H,7-9,11-14,17-25,30-35,63H2,1-6H3. The van der Waals surface area contributed by atoms with Gasteiger partial charge in [-0.1, -0.05) is 76.6 Å². The molecule has 0 radical (unpaired) electrons. The predicted molar refractivity (Wildman–Crippen MR) is 282 cm³/mol. The van der Waals surface area contributed by atoms with E-state index >= 15 is 9.59 Å². The van der Waals surface area contributed by atoms with E-state index < -0.39 is 28.1 Å². The fourth-order valence-electron chi connectivity index (χ4n) is 20.1. The number of phenols is 1. The van der Waals surface area contributed by atoms with Crippen LogP contribution in [0.1, 0.15) is 185 Å². The molecule has 72 heavy (non-hydrogen) atoms. The molecule has 1 spiro atoms. The number of nitrogens with two attached hydrogens (primary N) is 1. The van der Waals surface area contributed by atoms with Gasteiger partial charge in [-0.25, -0.2) is 0 Å². The van der Waals surface area contributed by atoms with Gasteiger partial charge in [-0.3, -0.25) is 9.59 Å². The summed E-state index contributed by atoms with van der Waals surface area (Å²) in [4.78, 5) is 31.7. The van der Waals surface area contributed by atoms with Gasteiger partial charge in [0.15, 0.2) is 5.78 Å². The lowest BCUT2D eigenvalue weighted by Crippen LogP contribution is -2.72. The number of hydrogen-bond donors (Lipinski definition) is 7. The smallest absolute Gasteiger partial charge is 0.163 e. The number of aromatic hydroxyl groups is 1. The quantitative estimate of drug-likeness (QED) is 0.0847. The van der Waals surface area contributed by atoms with Gasteiger partial charge >= 0.3 is 0 Å². The van der Waals surface area contributed by atoms with Gasteiger partial charge in [0, 0.05) is 54.1 Å². The normalized spacial score (nSPS) is 44.7. The molecule has 10 heteroatoms. The van der Waals surface area contributed by atoms with Gasteiger partial charge in [-0.15, -0.1) is 0 Å². The highest BCUT2D eigenvalue weighted by atomic mass is 16.6. The Morgan fingerprint density at radius 1 is 0.889 bits per heavy atom. The van der Waals surface area contributed by atoms with Gasteiger partial charge < -0.3 is 41.5 Å². The highest BCUT2D eigenvalue weighted by Gasteiger charge is 2.76. The number of benzene rings is 2. The Morgan fingerprint density at radius 3 is 2.46 bits per heavy atom. The van der Waals surface area contributed by atoms with Crippen molar-refractivity contribution in [2.75, 3.05) is 25.9 Å². The molecule has 394 valence electrons. The first-order valence-corrected chi connectivity index (χ1v) is 28.9. The van der Waals surface area contributed by atoms with E-state index in [1.54, 1.807) is 0 Å². The number of nitrogen functional groups attached to an aromatic ring is 1. The first-order valence-electron chi connectivity index (χ1n) is 28.9. The zero-order valence-corrected chi connectivity index (χ0v) is 44.6. The van der Waals surface area contributed by atoms with Crippen LogP contribution in [0.5, 0.6) is 5.75 Å². The summed E-state index contributed by atoms with van der Waals surface area (Å²) in [7, 11) is 1.91. The number of fused-ring (bicyclic) bond motifs is 1. The number of ether oxygens (including phenoxy) is 1. The van der Waals surface area contributed by atoms with Crippen molar-refractivity contribution >= 4 is 17.3 Å². The number of phenolic OH excluding ortho intramolecular Hbond substituents is 1. The molecule has 8 N–H and O–H groups in total. The number of aliphatic hydroxyl groups excluding tert-OH is 2. The van der Waals surface area contributed by atoms with Crippen molar-refractivity contribution in [3.63, 3.8) is 0 Å². The topological polar surface area (TPSA) is 178 Å². The van der Waals surface area contributed by atoms with E-state index in [-0.39, 0.29) is 82.7 Å². The number of aliphatic hydroxyl groups is 3. The fraction of sp³-hybridized carbons (Fsp3) is 0.742. The molecule has 9 aliphatic rings. The highest BCUT2D eigenvalue weighted by Crippen LogP contribution is 2.79. The lowest BCUT2D eigenvalue weighted by atomic mass is 9.31. The molecule has 2 aliphatic heterocycles. The van der Waals surface area contributed by atoms with Crippen LogP contribution in [0.3, 0.4) is 0 Å². The minimum Gasteiger partial charge on any atom is -0.508 e. The summed E-state index contributed by atoms with van der Waals surface area (Å²) in [5.74, 6) is 1.41. The number of Topliss-reactive ketones (excluding diaryl/α,β-unsaturated/α-hetero) is 2. The predicted octanol–water partition coefficient (Wildman–Crippen LogP) is 10.1. The molecule has 11 rings (SSSR count). The molecule has 8 fully saturated rings. The van der Waals surface area contributed by atoms with Crippen molar-refractivity contribution in [1.29, 1.82) is 0 Å². The molecule has 7 aliphatic carbocycles. The number of ketones is 2. The number of hydrogen-bond acceptors (Lipinski definition) is 10. The third-order valence-corrected chi connectivity index (χ3v) is 23.0. The van der Waals surface area contributed by atoms with Gasteiger partial charge in [-0.2, -0.15) is 0 Å². The monoisotopic (exact) mass is 988 g/mol. The number of allylic oxidation sites excluding steroid dienone is 2. The van der Waals surface area contributed by atoms with Crippen LogP contribution in [0.25, 0.3) is 0 Å². The third kappa shape index (κ3) is 7.97. The van der Waals surface area contributed by atoms with E-state index in [1.807, 2.05) is 32.2 Å². The van der Waals surface area contributed by atoms with Gasteiger partial charge in [-0.05, 0) is 210 Å². The zero-order chi connectivity index (χ0) is 50.8. The number of nitrogens with one attached hydrogen (secondary N) is 2. The summed E-state index contributed by atoms with van der Waals surface area (Å²) in [5.41, 5.74) is 9.71. The number of β-amino-alcohol motifs (C(OH)–C–C–N with tert-alkyl or cyclic N) is 1. The molecule has 0 bridgehead atoms. The van der Waals surface area contributed by atoms with Gasteiger partial charge in [0.25, 0.3) is 0 Å². The Hall–Kier alpha value is -3.12. The van der Waals surface area contributed by atoms with Crippen LogP contribution in [0, 0.1) is 63.1 Å². The molecule has 2 aromatic rings. The van der Waals surface area contributed by atoms with E-state index in [9.17, 15) is 20.4 Å². The number of rotatable bonds is 11.